The molecule has 1 aromatic heterocycles. The minimum atomic E-state index is -0.771. The van der Waals surface area contributed by atoms with E-state index in [-0.39, 0.29) is 23.3 Å². The monoisotopic (exact) mass is 484 g/mol. The molecule has 1 atom stereocenters. The quantitative estimate of drug-likeness (QED) is 0.335. The first-order chi connectivity index (χ1) is 16.4. The van der Waals surface area contributed by atoms with E-state index in [0.29, 0.717) is 40.1 Å². The van der Waals surface area contributed by atoms with Crippen molar-refractivity contribution >= 4 is 28.4 Å². The maximum Gasteiger partial charge on any atom is 0.252 e. The predicted molar refractivity (Wildman–Crippen MR) is 132 cm³/mol. The van der Waals surface area contributed by atoms with Gasteiger partial charge in [0.1, 0.15) is 5.75 Å². The largest absolute Gasteiger partial charge is 0.506 e. The zero-order chi connectivity index (χ0) is 24.1. The molecule has 1 fully saturated rings. The van der Waals surface area contributed by atoms with Gasteiger partial charge in [0.25, 0.3) is 5.91 Å². The number of aliphatic hydroxyl groups excluding tert-OH is 1. The number of halogens is 1. The number of likely N-dealkylation sites (tertiary alicyclic amines) is 1. The number of aromatic nitrogens is 1. The Morgan fingerprint density at radius 2 is 1.91 bits per heavy atom. The van der Waals surface area contributed by atoms with E-state index in [1.54, 1.807) is 36.4 Å². The number of phenols is 1. The normalized spacial score (nSPS) is 15.9. The number of amides is 1. The number of carbonyl (C=O) groups excluding carboxylic acids is 1. The third kappa shape index (κ3) is 5.77. The maximum absolute atomic E-state index is 12.3. The average molecular weight is 485 g/mol. The summed E-state index contributed by atoms with van der Waals surface area (Å²) in [7, 11) is 0. The van der Waals surface area contributed by atoms with Crippen molar-refractivity contribution in [1.29, 1.82) is 0 Å². The lowest BCUT2D eigenvalue weighted by atomic mass is 10.0. The molecule has 0 saturated carbocycles. The summed E-state index contributed by atoms with van der Waals surface area (Å²) in [6, 6.07) is 13.5. The van der Waals surface area contributed by atoms with E-state index in [4.69, 9.17) is 11.6 Å². The third-order valence-electron chi connectivity index (χ3n) is 6.29. The van der Waals surface area contributed by atoms with Crippen LogP contribution in [0.2, 0.25) is 5.02 Å². The van der Waals surface area contributed by atoms with Crippen LogP contribution in [0.4, 0.5) is 0 Å². The first kappa shape index (κ1) is 24.2. The minimum absolute atomic E-state index is 0.0213. The molecule has 180 valence electrons. The van der Waals surface area contributed by atoms with E-state index in [2.05, 4.69) is 20.5 Å². The number of H-pyrrole nitrogens is 1. The van der Waals surface area contributed by atoms with Crippen molar-refractivity contribution in [2.75, 3.05) is 32.7 Å². The lowest BCUT2D eigenvalue weighted by Gasteiger charge is -2.33. The highest BCUT2D eigenvalue weighted by Gasteiger charge is 2.21. The van der Waals surface area contributed by atoms with E-state index in [9.17, 15) is 19.8 Å². The van der Waals surface area contributed by atoms with Crippen LogP contribution >= 0.6 is 11.6 Å². The molecule has 1 amide bonds. The fraction of sp³-hybridized carbons (Fsp3) is 0.360. The van der Waals surface area contributed by atoms with Crippen LogP contribution in [-0.4, -0.2) is 64.8 Å². The van der Waals surface area contributed by atoms with Crippen molar-refractivity contribution in [3.05, 3.63) is 75.0 Å². The molecular weight excluding hydrogens is 456 g/mol. The number of carbonyl (C=O) groups is 1. The summed E-state index contributed by atoms with van der Waals surface area (Å²) in [6.45, 7) is 3.50. The van der Waals surface area contributed by atoms with E-state index < -0.39 is 6.10 Å². The average Bonchev–Trinajstić information content (AvgIpc) is 2.84. The molecule has 0 radical (unpaired) electrons. The molecule has 2 heterocycles. The van der Waals surface area contributed by atoms with E-state index in [1.807, 2.05) is 0 Å². The van der Waals surface area contributed by atoms with Gasteiger partial charge in [0.2, 0.25) is 5.56 Å². The number of benzene rings is 2. The summed E-state index contributed by atoms with van der Waals surface area (Å²) in [5, 5.41) is 28.2. The predicted octanol–water partition coefficient (Wildman–Crippen LogP) is 2.40. The van der Waals surface area contributed by atoms with Gasteiger partial charge in [-0.1, -0.05) is 29.8 Å². The second kappa shape index (κ2) is 11.0. The summed E-state index contributed by atoms with van der Waals surface area (Å²) in [6.07, 6.45) is 1.11. The number of pyridine rings is 1. The molecule has 2 aromatic carbocycles. The first-order valence-corrected chi connectivity index (χ1v) is 11.8. The van der Waals surface area contributed by atoms with Crippen molar-refractivity contribution in [2.45, 2.75) is 25.0 Å². The topological polar surface area (TPSA) is 118 Å². The van der Waals surface area contributed by atoms with Crippen molar-refractivity contribution in [2.24, 2.45) is 0 Å². The number of phenolic OH excluding ortho intramolecular Hbond substituents is 1. The van der Waals surface area contributed by atoms with Gasteiger partial charge in [0.15, 0.2) is 0 Å². The van der Waals surface area contributed by atoms with Crippen LogP contribution in [0.3, 0.4) is 0 Å². The van der Waals surface area contributed by atoms with Crippen LogP contribution in [0.25, 0.3) is 10.9 Å². The summed E-state index contributed by atoms with van der Waals surface area (Å²) < 4.78 is 0. The van der Waals surface area contributed by atoms with Crippen molar-refractivity contribution in [3.63, 3.8) is 0 Å². The highest BCUT2D eigenvalue weighted by Crippen LogP contribution is 2.28. The Morgan fingerprint density at radius 1 is 1.15 bits per heavy atom. The lowest BCUT2D eigenvalue weighted by molar-refractivity contribution is 0.0944. The van der Waals surface area contributed by atoms with Crippen molar-refractivity contribution in [1.82, 2.24) is 20.5 Å². The van der Waals surface area contributed by atoms with Gasteiger partial charge in [-0.2, -0.15) is 0 Å². The van der Waals surface area contributed by atoms with Gasteiger partial charge in [-0.15, -0.1) is 0 Å². The summed E-state index contributed by atoms with van der Waals surface area (Å²) in [5.74, 6) is -0.186. The summed E-state index contributed by atoms with van der Waals surface area (Å²) in [4.78, 5) is 28.8. The molecule has 1 saturated heterocycles. The molecule has 9 heteroatoms. The number of rotatable bonds is 8. The van der Waals surface area contributed by atoms with Gasteiger partial charge in [0, 0.05) is 37.1 Å². The van der Waals surface area contributed by atoms with Crippen LogP contribution in [0.15, 0.2) is 53.3 Å². The van der Waals surface area contributed by atoms with E-state index in [1.165, 1.54) is 12.1 Å². The number of fused-ring (bicyclic) bond motifs is 1. The molecule has 8 nitrogen and oxygen atoms in total. The fourth-order valence-corrected chi connectivity index (χ4v) is 4.59. The number of nitrogens with one attached hydrogen (secondary N) is 3. The molecule has 4 rings (SSSR count). The van der Waals surface area contributed by atoms with Gasteiger partial charge in [-0.3, -0.25) is 9.59 Å². The van der Waals surface area contributed by atoms with Crippen molar-refractivity contribution in [3.8, 4) is 5.75 Å². The van der Waals surface area contributed by atoms with Gasteiger partial charge in [-0.05, 0) is 55.8 Å². The molecule has 0 aliphatic carbocycles. The van der Waals surface area contributed by atoms with Gasteiger partial charge < -0.3 is 30.7 Å². The molecule has 0 bridgehead atoms. The van der Waals surface area contributed by atoms with Crippen LogP contribution in [0.5, 0.6) is 5.75 Å². The Balaban J connectivity index is 1.22. The van der Waals surface area contributed by atoms with E-state index >= 15 is 0 Å². The van der Waals surface area contributed by atoms with E-state index in [0.717, 1.165) is 32.5 Å². The smallest absolute Gasteiger partial charge is 0.252 e. The second-order valence-corrected chi connectivity index (χ2v) is 8.97. The summed E-state index contributed by atoms with van der Waals surface area (Å²) in [5.41, 5.74) is 1.17. The Morgan fingerprint density at radius 3 is 2.68 bits per heavy atom. The number of piperidine rings is 1. The number of aromatic amines is 1. The van der Waals surface area contributed by atoms with Crippen LogP contribution in [0.1, 0.15) is 34.9 Å². The molecule has 5 N–H and O–H groups in total. The fourth-order valence-electron chi connectivity index (χ4n) is 4.37. The zero-order valence-corrected chi connectivity index (χ0v) is 19.5. The SMILES string of the molecule is O=C(NCCN1CCC(NC[C@H](O)c2ccc(O)c3[nH]c(=O)ccc23)CC1)c1ccccc1Cl. The molecule has 1 aliphatic rings. The number of nitrogens with zero attached hydrogens (tertiary/aromatic N) is 1. The number of aromatic hydroxyl groups is 1. The second-order valence-electron chi connectivity index (χ2n) is 8.56. The molecular formula is C25H29ClN4O4. The van der Waals surface area contributed by atoms with Crippen molar-refractivity contribution < 1.29 is 15.0 Å². The molecule has 1 aliphatic heterocycles. The van der Waals surface area contributed by atoms with Crippen LogP contribution < -0.4 is 16.2 Å². The lowest BCUT2D eigenvalue weighted by Crippen LogP contribution is -2.45. The Hall–Kier alpha value is -2.91. The third-order valence-corrected chi connectivity index (χ3v) is 6.61. The highest BCUT2D eigenvalue weighted by molar-refractivity contribution is 6.33. The Bertz CT molecular complexity index is 1210. The maximum atomic E-state index is 12.3. The molecule has 0 unspecified atom stereocenters. The molecule has 3 aromatic rings. The van der Waals surface area contributed by atoms with Gasteiger partial charge in [0.05, 0.1) is 22.2 Å². The van der Waals surface area contributed by atoms with Crippen LogP contribution in [-0.2, 0) is 0 Å². The summed E-state index contributed by atoms with van der Waals surface area (Å²) >= 11 is 6.07. The minimum Gasteiger partial charge on any atom is -0.506 e. The highest BCUT2D eigenvalue weighted by atomic mass is 35.5. The molecule has 0 spiro atoms. The molecule has 34 heavy (non-hydrogen) atoms. The number of aliphatic hydroxyl groups is 1. The number of hydrogen-bond donors (Lipinski definition) is 5. The zero-order valence-electron chi connectivity index (χ0n) is 18.8. The Kier molecular flexibility index (Phi) is 7.84. The van der Waals surface area contributed by atoms with Crippen LogP contribution in [0, 0.1) is 0 Å². The van der Waals surface area contributed by atoms with Gasteiger partial charge in [-0.25, -0.2) is 0 Å². The van der Waals surface area contributed by atoms with Gasteiger partial charge >= 0.3 is 0 Å². The standard InChI is InChI=1S/C25H29ClN4O4/c26-20-4-2-1-3-19(20)25(34)27-11-14-30-12-9-16(10-13-30)28-15-22(32)17-5-7-21(31)24-18(17)6-8-23(33)29-24/h1-8,16,22,28,31-32H,9-15H2,(H,27,34)(H,29,33)/t22-/m0/s1. The first-order valence-electron chi connectivity index (χ1n) is 11.4. The number of hydrogen-bond acceptors (Lipinski definition) is 6. The Labute approximate surface area is 202 Å².